The minimum absolute atomic E-state index is 0. The zero-order chi connectivity index (χ0) is 20.7. The van der Waals surface area contributed by atoms with E-state index in [9.17, 15) is 5.11 Å². The van der Waals surface area contributed by atoms with E-state index < -0.39 is 5.60 Å². The molecule has 0 spiro atoms. The van der Waals surface area contributed by atoms with Gasteiger partial charge < -0.3 is 15.7 Å². The Morgan fingerprint density at radius 3 is 2.53 bits per heavy atom. The van der Waals surface area contributed by atoms with Crippen LogP contribution in [0.1, 0.15) is 30.5 Å². The van der Waals surface area contributed by atoms with Crippen molar-refractivity contribution < 1.29 is 5.11 Å². The van der Waals surface area contributed by atoms with E-state index in [1.165, 1.54) is 5.56 Å². The van der Waals surface area contributed by atoms with Crippen LogP contribution >= 0.6 is 24.0 Å². The van der Waals surface area contributed by atoms with Gasteiger partial charge in [-0.1, -0.05) is 30.3 Å². The second kappa shape index (κ2) is 11.1. The van der Waals surface area contributed by atoms with E-state index in [1.54, 1.807) is 17.8 Å². The fourth-order valence-electron chi connectivity index (χ4n) is 2.91. The van der Waals surface area contributed by atoms with Crippen molar-refractivity contribution >= 4 is 29.9 Å². The summed E-state index contributed by atoms with van der Waals surface area (Å²) in [4.78, 5) is 4.62. The molecule has 3 rings (SSSR count). The molecule has 2 heterocycles. The van der Waals surface area contributed by atoms with Crippen LogP contribution in [0.25, 0.3) is 0 Å². The fraction of sp³-hybridized carbons (Fsp3) is 0.381. The highest BCUT2D eigenvalue weighted by atomic mass is 127. The molecule has 0 radical (unpaired) electrons. The highest BCUT2D eigenvalue weighted by molar-refractivity contribution is 14.0. The monoisotopic (exact) mass is 523 g/mol. The van der Waals surface area contributed by atoms with Crippen molar-refractivity contribution in [1.82, 2.24) is 30.2 Å². The van der Waals surface area contributed by atoms with E-state index in [2.05, 4.69) is 38.0 Å². The van der Waals surface area contributed by atoms with Crippen LogP contribution in [-0.4, -0.2) is 43.7 Å². The number of hydrogen-bond donors (Lipinski definition) is 3. The molecule has 0 fully saturated rings. The molecule has 0 saturated carbocycles. The zero-order valence-electron chi connectivity index (χ0n) is 17.6. The summed E-state index contributed by atoms with van der Waals surface area (Å²) in [5, 5.41) is 25.7. The summed E-state index contributed by atoms with van der Waals surface area (Å²) in [6.07, 6.45) is 7.33. The van der Waals surface area contributed by atoms with Crippen molar-refractivity contribution in [2.45, 2.75) is 32.5 Å². The molecule has 3 N–H and O–H groups in total. The summed E-state index contributed by atoms with van der Waals surface area (Å²) in [5.41, 5.74) is 1.94. The van der Waals surface area contributed by atoms with Gasteiger partial charge >= 0.3 is 0 Å². The third-order valence-corrected chi connectivity index (χ3v) is 4.56. The Labute approximate surface area is 194 Å². The lowest BCUT2D eigenvalue weighted by Crippen LogP contribution is -2.44. The minimum atomic E-state index is -1.05. The summed E-state index contributed by atoms with van der Waals surface area (Å²) in [5.74, 6) is 0.646. The van der Waals surface area contributed by atoms with Gasteiger partial charge in [0.15, 0.2) is 5.96 Å². The highest BCUT2D eigenvalue weighted by Crippen LogP contribution is 2.18. The minimum Gasteiger partial charge on any atom is -0.383 e. The molecule has 30 heavy (non-hydrogen) atoms. The van der Waals surface area contributed by atoms with Crippen LogP contribution in [0.5, 0.6) is 0 Å². The number of hydrogen-bond acceptors (Lipinski definition) is 4. The summed E-state index contributed by atoms with van der Waals surface area (Å²) in [6, 6.07) is 10.2. The molecule has 0 aliphatic carbocycles. The van der Waals surface area contributed by atoms with Crippen molar-refractivity contribution in [1.29, 1.82) is 0 Å². The molecule has 0 amide bonds. The van der Waals surface area contributed by atoms with Crippen molar-refractivity contribution in [2.24, 2.45) is 12.0 Å². The van der Waals surface area contributed by atoms with E-state index in [0.29, 0.717) is 19.0 Å². The van der Waals surface area contributed by atoms with E-state index in [1.807, 2.05) is 55.4 Å². The van der Waals surface area contributed by atoms with E-state index in [4.69, 9.17) is 0 Å². The summed E-state index contributed by atoms with van der Waals surface area (Å²) in [6.45, 7) is 6.05. The predicted molar refractivity (Wildman–Crippen MR) is 129 cm³/mol. The fourth-order valence-corrected chi connectivity index (χ4v) is 2.91. The molecule has 0 aliphatic rings. The zero-order valence-corrected chi connectivity index (χ0v) is 19.9. The summed E-state index contributed by atoms with van der Waals surface area (Å²) >= 11 is 0. The first-order valence-corrected chi connectivity index (χ1v) is 9.75. The maximum absolute atomic E-state index is 10.7. The molecule has 162 valence electrons. The number of nitrogens with zero attached hydrogens (tertiary/aromatic N) is 5. The van der Waals surface area contributed by atoms with Gasteiger partial charge in [-0.25, -0.2) is 4.99 Å². The number of aryl methyl sites for hydroxylation is 1. The van der Waals surface area contributed by atoms with Crippen molar-refractivity contribution in [3.05, 3.63) is 71.8 Å². The molecule has 2 aromatic heterocycles. The van der Waals surface area contributed by atoms with Gasteiger partial charge in [-0.2, -0.15) is 10.2 Å². The van der Waals surface area contributed by atoms with Gasteiger partial charge in [0.05, 0.1) is 32.0 Å². The first-order chi connectivity index (χ1) is 14.0. The summed E-state index contributed by atoms with van der Waals surface area (Å²) in [7, 11) is 1.83. The first kappa shape index (κ1) is 23.9. The highest BCUT2D eigenvalue weighted by Gasteiger charge is 2.25. The van der Waals surface area contributed by atoms with Gasteiger partial charge in [-0.3, -0.25) is 9.36 Å². The number of guanidine groups is 1. The third kappa shape index (κ3) is 6.84. The second-order valence-corrected chi connectivity index (χ2v) is 7.26. The van der Waals surface area contributed by atoms with Gasteiger partial charge in [0.2, 0.25) is 0 Å². The number of benzene rings is 1. The van der Waals surface area contributed by atoms with E-state index in [0.717, 1.165) is 24.2 Å². The van der Waals surface area contributed by atoms with Crippen LogP contribution < -0.4 is 10.6 Å². The first-order valence-electron chi connectivity index (χ1n) is 9.75. The third-order valence-electron chi connectivity index (χ3n) is 4.56. The van der Waals surface area contributed by atoms with Gasteiger partial charge in [-0.05, 0) is 19.4 Å². The average Bonchev–Trinajstić information content (AvgIpc) is 3.34. The second-order valence-electron chi connectivity index (χ2n) is 7.26. The molecule has 9 heteroatoms. The number of aliphatic imine (C=N–C) groups is 1. The maximum Gasteiger partial charge on any atom is 0.191 e. The Morgan fingerprint density at radius 1 is 1.10 bits per heavy atom. The molecule has 0 aliphatic heterocycles. The molecule has 0 saturated heterocycles. The quantitative estimate of drug-likeness (QED) is 0.239. The Bertz CT molecular complexity index is 934. The lowest BCUT2D eigenvalue weighted by Gasteiger charge is -2.23. The lowest BCUT2D eigenvalue weighted by atomic mass is 10.00. The van der Waals surface area contributed by atoms with E-state index >= 15 is 0 Å². The topological polar surface area (TPSA) is 92.3 Å². The molecule has 8 nitrogen and oxygen atoms in total. The molecule has 3 aromatic rings. The maximum atomic E-state index is 10.7. The smallest absolute Gasteiger partial charge is 0.191 e. The van der Waals surface area contributed by atoms with Gasteiger partial charge in [0.25, 0.3) is 0 Å². The SMILES string of the molecule is CCNC(=NCc1cnn(Cc2ccccc2)c1)NCC(C)(O)c1cnn(C)c1.I. The van der Waals surface area contributed by atoms with Crippen molar-refractivity contribution in [2.75, 3.05) is 13.1 Å². The van der Waals surface area contributed by atoms with Crippen LogP contribution in [0, 0.1) is 0 Å². The number of halogens is 1. The van der Waals surface area contributed by atoms with Crippen molar-refractivity contribution in [3.63, 3.8) is 0 Å². The molecule has 1 atom stereocenters. The van der Waals surface area contributed by atoms with Gasteiger partial charge in [-0.15, -0.1) is 24.0 Å². The molecule has 1 aromatic carbocycles. The number of nitrogens with one attached hydrogen (secondary N) is 2. The predicted octanol–water partition coefficient (Wildman–Crippen LogP) is 2.25. The van der Waals surface area contributed by atoms with E-state index in [-0.39, 0.29) is 24.0 Å². The number of aromatic nitrogens is 4. The average molecular weight is 523 g/mol. The Balaban J connectivity index is 0.00000320. The van der Waals surface area contributed by atoms with Crippen LogP contribution in [-0.2, 0) is 25.7 Å². The van der Waals surface area contributed by atoms with Crippen LogP contribution in [0.4, 0.5) is 0 Å². The molecule has 0 bridgehead atoms. The number of rotatable bonds is 8. The van der Waals surface area contributed by atoms with Crippen LogP contribution in [0.2, 0.25) is 0 Å². The molecular formula is C21H30IN7O. The number of aliphatic hydroxyl groups is 1. The normalized spacial score (nSPS) is 13.4. The Hall–Kier alpha value is -2.40. The lowest BCUT2D eigenvalue weighted by molar-refractivity contribution is 0.0616. The van der Waals surface area contributed by atoms with Crippen molar-refractivity contribution in [3.8, 4) is 0 Å². The van der Waals surface area contributed by atoms with Crippen LogP contribution in [0.15, 0.2) is 60.1 Å². The van der Waals surface area contributed by atoms with Crippen LogP contribution in [0.3, 0.4) is 0 Å². The Kier molecular flexibility index (Phi) is 8.85. The standard InChI is InChI=1S/C21H29N7O.HI/c1-4-22-20(24-16-21(2,29)19-12-25-27(3)15-19)23-10-18-11-26-28(14-18)13-17-8-6-5-7-9-17;/h5-9,11-12,14-15,29H,4,10,13,16H2,1-3H3,(H2,22,23,24);1H. The van der Waals surface area contributed by atoms with Gasteiger partial charge in [0.1, 0.15) is 5.60 Å². The largest absolute Gasteiger partial charge is 0.383 e. The van der Waals surface area contributed by atoms with Gasteiger partial charge in [0, 0.05) is 37.1 Å². The summed E-state index contributed by atoms with van der Waals surface area (Å²) < 4.78 is 3.59. The molecule has 1 unspecified atom stereocenters. The Morgan fingerprint density at radius 2 is 1.87 bits per heavy atom. The molecular weight excluding hydrogens is 493 g/mol.